The molecule has 0 radical (unpaired) electrons. The van der Waals surface area contributed by atoms with Gasteiger partial charge in [-0.1, -0.05) is 6.07 Å². The minimum Gasteiger partial charge on any atom is -0.398 e. The number of aliphatic hydroxyl groups is 1. The summed E-state index contributed by atoms with van der Waals surface area (Å²) >= 11 is 1.66. The number of hydrogen-bond donors (Lipinski definition) is 2. The molecule has 0 amide bonds. The average molecular weight is 197 g/mol. The van der Waals surface area contributed by atoms with Gasteiger partial charge in [0.05, 0.1) is 0 Å². The normalized spacial score (nSPS) is 10.3. The lowest BCUT2D eigenvalue weighted by atomic mass is 10.1. The van der Waals surface area contributed by atoms with Crippen molar-refractivity contribution in [2.45, 2.75) is 17.7 Å². The predicted octanol–water partition coefficient (Wildman–Crippen LogP) is 1.92. The average Bonchev–Trinajstić information content (AvgIpc) is 2.16. The van der Waals surface area contributed by atoms with Gasteiger partial charge in [-0.3, -0.25) is 0 Å². The van der Waals surface area contributed by atoms with Crippen molar-refractivity contribution in [3.8, 4) is 0 Å². The lowest BCUT2D eigenvalue weighted by Crippen LogP contribution is -1.93. The molecule has 2 nitrogen and oxygen atoms in total. The van der Waals surface area contributed by atoms with Gasteiger partial charge in [0.15, 0.2) is 0 Å². The first kappa shape index (κ1) is 10.4. The zero-order valence-electron chi connectivity index (χ0n) is 7.79. The lowest BCUT2D eigenvalue weighted by molar-refractivity contribution is 0.288. The van der Waals surface area contributed by atoms with Crippen LogP contribution in [0, 0.1) is 0 Å². The van der Waals surface area contributed by atoms with E-state index in [2.05, 4.69) is 6.07 Å². The maximum absolute atomic E-state index is 8.68. The Kier molecular flexibility index (Phi) is 4.12. The first-order valence-electron chi connectivity index (χ1n) is 4.31. The molecule has 0 unspecified atom stereocenters. The number of benzene rings is 1. The summed E-state index contributed by atoms with van der Waals surface area (Å²) in [7, 11) is 0. The molecule has 3 N–H and O–H groups in total. The van der Waals surface area contributed by atoms with E-state index >= 15 is 0 Å². The Morgan fingerprint density at radius 3 is 2.85 bits per heavy atom. The van der Waals surface area contributed by atoms with Gasteiger partial charge in [0.25, 0.3) is 0 Å². The van der Waals surface area contributed by atoms with Crippen molar-refractivity contribution in [2.24, 2.45) is 0 Å². The second-order valence-electron chi connectivity index (χ2n) is 2.90. The summed E-state index contributed by atoms with van der Waals surface area (Å²) in [4.78, 5) is 1.12. The fraction of sp³-hybridized carbons (Fsp3) is 0.400. The Labute approximate surface area is 83.1 Å². The third-order valence-electron chi connectivity index (χ3n) is 1.92. The number of anilines is 1. The molecule has 0 saturated heterocycles. The summed E-state index contributed by atoms with van der Waals surface area (Å²) in [6.07, 6.45) is 3.75. The van der Waals surface area contributed by atoms with Crippen LogP contribution in [0.3, 0.4) is 0 Å². The topological polar surface area (TPSA) is 46.2 Å². The molecule has 0 aliphatic heterocycles. The van der Waals surface area contributed by atoms with E-state index in [0.29, 0.717) is 0 Å². The van der Waals surface area contributed by atoms with Gasteiger partial charge in [-0.15, -0.1) is 11.8 Å². The standard InChI is InChI=1S/C10H15NOS/c1-13-10-7-8(3-2-6-12)4-5-9(10)11/h4-5,7,12H,2-3,6,11H2,1H3. The van der Waals surface area contributed by atoms with E-state index in [1.54, 1.807) is 11.8 Å². The third-order valence-corrected chi connectivity index (χ3v) is 2.71. The molecule has 0 saturated carbocycles. The van der Waals surface area contributed by atoms with Crippen molar-refractivity contribution in [1.82, 2.24) is 0 Å². The molecule has 0 spiro atoms. The lowest BCUT2D eigenvalue weighted by Gasteiger charge is -2.05. The van der Waals surface area contributed by atoms with Crippen LogP contribution in [0.4, 0.5) is 5.69 Å². The highest BCUT2D eigenvalue weighted by Gasteiger charge is 1.99. The molecule has 1 rings (SSSR count). The summed E-state index contributed by atoms with van der Waals surface area (Å²) in [5, 5.41) is 8.68. The molecular weight excluding hydrogens is 182 g/mol. The van der Waals surface area contributed by atoms with Crippen LogP contribution in [-0.2, 0) is 6.42 Å². The molecular formula is C10H15NOS. The van der Waals surface area contributed by atoms with Crippen LogP contribution in [0.25, 0.3) is 0 Å². The SMILES string of the molecule is CSc1cc(CCCO)ccc1N. The highest BCUT2D eigenvalue weighted by atomic mass is 32.2. The van der Waals surface area contributed by atoms with Gasteiger partial charge in [0, 0.05) is 17.2 Å². The van der Waals surface area contributed by atoms with Crippen molar-refractivity contribution in [3.05, 3.63) is 23.8 Å². The van der Waals surface area contributed by atoms with Gasteiger partial charge in [-0.05, 0) is 36.8 Å². The van der Waals surface area contributed by atoms with Crippen LogP contribution in [-0.4, -0.2) is 18.0 Å². The van der Waals surface area contributed by atoms with Crippen LogP contribution >= 0.6 is 11.8 Å². The highest BCUT2D eigenvalue weighted by molar-refractivity contribution is 7.98. The third kappa shape index (κ3) is 2.94. The van der Waals surface area contributed by atoms with Crippen molar-refractivity contribution in [2.75, 3.05) is 18.6 Å². The molecule has 1 aromatic carbocycles. The van der Waals surface area contributed by atoms with E-state index in [9.17, 15) is 0 Å². The van der Waals surface area contributed by atoms with Gasteiger partial charge in [0.1, 0.15) is 0 Å². The summed E-state index contributed by atoms with van der Waals surface area (Å²) in [5.74, 6) is 0. The second kappa shape index (κ2) is 5.14. The number of rotatable bonds is 4. The Hall–Kier alpha value is -0.670. The number of aliphatic hydroxyl groups excluding tert-OH is 1. The van der Waals surface area contributed by atoms with Crippen LogP contribution < -0.4 is 5.73 Å². The molecule has 0 aliphatic rings. The summed E-state index contributed by atoms with van der Waals surface area (Å²) < 4.78 is 0. The largest absolute Gasteiger partial charge is 0.398 e. The molecule has 0 aromatic heterocycles. The van der Waals surface area contributed by atoms with Crippen molar-refractivity contribution in [3.63, 3.8) is 0 Å². The maximum Gasteiger partial charge on any atom is 0.0452 e. The molecule has 0 fully saturated rings. The molecule has 0 heterocycles. The molecule has 3 heteroatoms. The summed E-state index contributed by atoms with van der Waals surface area (Å²) in [5.41, 5.74) is 7.84. The first-order valence-corrected chi connectivity index (χ1v) is 5.53. The van der Waals surface area contributed by atoms with E-state index in [-0.39, 0.29) is 6.61 Å². The van der Waals surface area contributed by atoms with E-state index < -0.39 is 0 Å². The van der Waals surface area contributed by atoms with E-state index in [1.165, 1.54) is 5.56 Å². The van der Waals surface area contributed by atoms with Crippen LogP contribution in [0.15, 0.2) is 23.1 Å². The minimum atomic E-state index is 0.249. The number of thioether (sulfide) groups is 1. The fourth-order valence-corrected chi connectivity index (χ4v) is 1.77. The van der Waals surface area contributed by atoms with Gasteiger partial charge in [-0.25, -0.2) is 0 Å². The molecule has 72 valence electrons. The first-order chi connectivity index (χ1) is 6.27. The van der Waals surface area contributed by atoms with Crippen LogP contribution in [0.1, 0.15) is 12.0 Å². The number of aryl methyl sites for hydroxylation is 1. The summed E-state index contributed by atoms with van der Waals surface area (Å²) in [6, 6.07) is 6.04. The minimum absolute atomic E-state index is 0.249. The van der Waals surface area contributed by atoms with E-state index in [4.69, 9.17) is 10.8 Å². The van der Waals surface area contributed by atoms with Crippen molar-refractivity contribution < 1.29 is 5.11 Å². The molecule has 0 atom stereocenters. The zero-order chi connectivity index (χ0) is 9.68. The Balaban J connectivity index is 2.74. The van der Waals surface area contributed by atoms with Gasteiger partial charge < -0.3 is 10.8 Å². The van der Waals surface area contributed by atoms with Gasteiger partial charge in [-0.2, -0.15) is 0 Å². The van der Waals surface area contributed by atoms with Crippen LogP contribution in [0.5, 0.6) is 0 Å². The highest BCUT2D eigenvalue weighted by Crippen LogP contribution is 2.24. The number of nitrogen functional groups attached to an aromatic ring is 1. The molecule has 0 aliphatic carbocycles. The Bertz CT molecular complexity index is 276. The molecule has 0 bridgehead atoms. The molecule has 13 heavy (non-hydrogen) atoms. The van der Waals surface area contributed by atoms with Crippen molar-refractivity contribution >= 4 is 17.4 Å². The summed E-state index contributed by atoms with van der Waals surface area (Å²) in [6.45, 7) is 0.249. The van der Waals surface area contributed by atoms with Crippen LogP contribution in [0.2, 0.25) is 0 Å². The predicted molar refractivity (Wildman–Crippen MR) is 58.0 cm³/mol. The van der Waals surface area contributed by atoms with E-state index in [0.717, 1.165) is 23.4 Å². The monoisotopic (exact) mass is 197 g/mol. The number of nitrogens with two attached hydrogens (primary N) is 1. The maximum atomic E-state index is 8.68. The fourth-order valence-electron chi connectivity index (χ4n) is 1.19. The van der Waals surface area contributed by atoms with Gasteiger partial charge >= 0.3 is 0 Å². The Morgan fingerprint density at radius 1 is 1.46 bits per heavy atom. The zero-order valence-corrected chi connectivity index (χ0v) is 8.60. The van der Waals surface area contributed by atoms with E-state index in [1.807, 2.05) is 18.4 Å². The second-order valence-corrected chi connectivity index (χ2v) is 3.75. The quantitative estimate of drug-likeness (QED) is 0.572. The smallest absolute Gasteiger partial charge is 0.0452 e. The van der Waals surface area contributed by atoms with Gasteiger partial charge in [0.2, 0.25) is 0 Å². The van der Waals surface area contributed by atoms with Crippen molar-refractivity contribution in [1.29, 1.82) is 0 Å². The number of hydrogen-bond acceptors (Lipinski definition) is 3. The molecule has 1 aromatic rings. The Morgan fingerprint density at radius 2 is 2.23 bits per heavy atom.